The second-order valence-electron chi connectivity index (χ2n) is 5.53. The lowest BCUT2D eigenvalue weighted by Crippen LogP contribution is -2.14. The lowest BCUT2D eigenvalue weighted by atomic mass is 9.85. The molecule has 1 aromatic rings. The number of nitrogens with zero attached hydrogens (tertiary/aromatic N) is 1. The van der Waals surface area contributed by atoms with Crippen molar-refractivity contribution in [3.8, 4) is 0 Å². The van der Waals surface area contributed by atoms with Crippen LogP contribution in [0.4, 0.5) is 0 Å². The van der Waals surface area contributed by atoms with Crippen molar-refractivity contribution in [2.75, 3.05) is 6.61 Å². The van der Waals surface area contributed by atoms with E-state index in [4.69, 9.17) is 4.74 Å². The van der Waals surface area contributed by atoms with Crippen LogP contribution in [-0.4, -0.2) is 22.8 Å². The van der Waals surface area contributed by atoms with Gasteiger partial charge in [0.2, 0.25) is 0 Å². The Labute approximate surface area is 105 Å². The van der Waals surface area contributed by atoms with Gasteiger partial charge in [0.25, 0.3) is 0 Å². The summed E-state index contributed by atoms with van der Waals surface area (Å²) in [6.45, 7) is 2.23. The monoisotopic (exact) mass is 244 g/mol. The third-order valence-electron chi connectivity index (χ3n) is 4.76. The van der Waals surface area contributed by atoms with E-state index in [0.29, 0.717) is 36.0 Å². The van der Waals surface area contributed by atoms with Crippen molar-refractivity contribution in [2.24, 2.45) is 17.8 Å². The van der Waals surface area contributed by atoms with Gasteiger partial charge in [-0.25, -0.2) is 4.79 Å². The quantitative estimate of drug-likeness (QED) is 0.640. The molecule has 4 nitrogen and oxygen atoms in total. The predicted molar refractivity (Wildman–Crippen MR) is 65.2 cm³/mol. The van der Waals surface area contributed by atoms with Crippen LogP contribution in [-0.2, 0) is 11.2 Å². The van der Waals surface area contributed by atoms with Crippen LogP contribution in [0, 0.1) is 17.8 Å². The number of carbonyl (C=O) groups excluding carboxylic acids is 1. The van der Waals surface area contributed by atoms with Crippen LogP contribution in [0.25, 0.3) is 0 Å². The zero-order valence-corrected chi connectivity index (χ0v) is 10.3. The number of allylic oxidation sites excluding steroid dienone is 2. The van der Waals surface area contributed by atoms with E-state index < -0.39 is 0 Å². The van der Waals surface area contributed by atoms with Crippen molar-refractivity contribution < 1.29 is 9.53 Å². The number of aromatic nitrogens is 2. The molecule has 4 unspecified atom stereocenters. The molecule has 4 atom stereocenters. The zero-order chi connectivity index (χ0) is 12.3. The number of hydrogen-bond acceptors (Lipinski definition) is 3. The standard InChI is InChI=1S/C14H16N2O2/c1-2-18-14(17)13-10-6-9-7-3-4-8(5-7)11(9)12(10)15-16-13/h3-4,7-9,11H,2,5-6H2,1H3,(H,15,16). The van der Waals surface area contributed by atoms with Crippen LogP contribution in [0.3, 0.4) is 0 Å². The van der Waals surface area contributed by atoms with Crippen molar-refractivity contribution in [1.29, 1.82) is 0 Å². The molecule has 1 fully saturated rings. The Kier molecular flexibility index (Phi) is 1.99. The molecule has 0 aliphatic heterocycles. The number of aromatic amines is 1. The summed E-state index contributed by atoms with van der Waals surface area (Å²) in [7, 11) is 0. The second kappa shape index (κ2) is 3.46. The summed E-state index contributed by atoms with van der Waals surface area (Å²) >= 11 is 0. The minimum absolute atomic E-state index is 0.282. The van der Waals surface area contributed by atoms with Crippen molar-refractivity contribution in [3.05, 3.63) is 29.1 Å². The molecule has 4 rings (SSSR count). The van der Waals surface area contributed by atoms with E-state index in [9.17, 15) is 4.79 Å². The summed E-state index contributed by atoms with van der Waals surface area (Å²) in [6.07, 6.45) is 6.96. The topological polar surface area (TPSA) is 55.0 Å². The van der Waals surface area contributed by atoms with Crippen molar-refractivity contribution in [1.82, 2.24) is 10.2 Å². The molecule has 0 saturated heterocycles. The first-order chi connectivity index (χ1) is 8.79. The van der Waals surface area contributed by atoms with E-state index in [1.807, 2.05) is 6.92 Å². The fourth-order valence-corrected chi connectivity index (χ4v) is 4.10. The van der Waals surface area contributed by atoms with Gasteiger partial charge in [0.05, 0.1) is 6.61 Å². The molecule has 18 heavy (non-hydrogen) atoms. The Bertz CT molecular complexity index is 546. The van der Waals surface area contributed by atoms with Crippen molar-refractivity contribution >= 4 is 5.97 Å². The van der Waals surface area contributed by atoms with Crippen LogP contribution in [0.15, 0.2) is 12.2 Å². The van der Waals surface area contributed by atoms with E-state index in [2.05, 4.69) is 22.3 Å². The molecule has 1 heterocycles. The molecule has 0 radical (unpaired) electrons. The van der Waals surface area contributed by atoms with Gasteiger partial charge < -0.3 is 4.74 Å². The third-order valence-corrected chi connectivity index (χ3v) is 4.76. The summed E-state index contributed by atoms with van der Waals surface area (Å²) in [5.74, 6) is 2.31. The lowest BCUT2D eigenvalue weighted by molar-refractivity contribution is 0.0518. The van der Waals surface area contributed by atoms with Crippen LogP contribution >= 0.6 is 0 Å². The van der Waals surface area contributed by atoms with E-state index in [1.165, 1.54) is 12.1 Å². The number of fused-ring (bicyclic) bond motifs is 7. The Morgan fingerprint density at radius 2 is 2.33 bits per heavy atom. The number of ether oxygens (including phenoxy) is 1. The largest absolute Gasteiger partial charge is 0.461 e. The number of esters is 1. The number of carbonyl (C=O) groups is 1. The van der Waals surface area contributed by atoms with Gasteiger partial charge in [-0.2, -0.15) is 5.10 Å². The van der Waals surface area contributed by atoms with E-state index in [-0.39, 0.29) is 5.97 Å². The Morgan fingerprint density at radius 1 is 1.50 bits per heavy atom. The molecule has 1 aromatic heterocycles. The molecule has 3 aliphatic carbocycles. The molecule has 94 valence electrons. The summed E-state index contributed by atoms with van der Waals surface area (Å²) in [4.78, 5) is 11.8. The summed E-state index contributed by atoms with van der Waals surface area (Å²) in [5, 5.41) is 7.27. The van der Waals surface area contributed by atoms with Crippen LogP contribution in [0.1, 0.15) is 41.0 Å². The molecular weight excluding hydrogens is 228 g/mol. The number of nitrogens with one attached hydrogen (secondary N) is 1. The average Bonchev–Trinajstić information content (AvgIpc) is 3.06. The molecule has 0 amide bonds. The lowest BCUT2D eigenvalue weighted by Gasteiger charge is -2.20. The van der Waals surface area contributed by atoms with Crippen molar-refractivity contribution in [2.45, 2.75) is 25.7 Å². The van der Waals surface area contributed by atoms with Crippen molar-refractivity contribution in [3.63, 3.8) is 0 Å². The smallest absolute Gasteiger partial charge is 0.359 e. The van der Waals surface area contributed by atoms with Gasteiger partial charge in [-0.3, -0.25) is 5.10 Å². The Hall–Kier alpha value is -1.58. The van der Waals surface area contributed by atoms with E-state index in [1.54, 1.807) is 0 Å². The normalized spacial score (nSPS) is 34.7. The number of hydrogen-bond donors (Lipinski definition) is 1. The molecule has 0 spiro atoms. The van der Waals surface area contributed by atoms with Gasteiger partial charge in [0, 0.05) is 17.2 Å². The number of H-pyrrole nitrogens is 1. The van der Waals surface area contributed by atoms with E-state index >= 15 is 0 Å². The molecule has 0 aromatic carbocycles. The van der Waals surface area contributed by atoms with Gasteiger partial charge in [-0.1, -0.05) is 12.2 Å². The molecular formula is C14H16N2O2. The third kappa shape index (κ3) is 1.15. The maximum absolute atomic E-state index is 11.8. The minimum atomic E-state index is -0.282. The van der Waals surface area contributed by atoms with Gasteiger partial charge in [0.1, 0.15) is 0 Å². The highest BCUT2D eigenvalue weighted by Crippen LogP contribution is 2.58. The highest BCUT2D eigenvalue weighted by atomic mass is 16.5. The summed E-state index contributed by atoms with van der Waals surface area (Å²) in [6, 6.07) is 0. The molecule has 1 saturated carbocycles. The molecule has 4 heteroatoms. The zero-order valence-electron chi connectivity index (χ0n) is 10.3. The molecule has 1 N–H and O–H groups in total. The first kappa shape index (κ1) is 10.4. The highest BCUT2D eigenvalue weighted by molar-refractivity contribution is 5.89. The Balaban J connectivity index is 1.71. The van der Waals surface area contributed by atoms with Crippen LogP contribution < -0.4 is 0 Å². The first-order valence-corrected chi connectivity index (χ1v) is 6.72. The maximum Gasteiger partial charge on any atom is 0.359 e. The fraction of sp³-hybridized carbons (Fsp3) is 0.571. The fourth-order valence-electron chi connectivity index (χ4n) is 4.10. The highest BCUT2D eigenvalue weighted by Gasteiger charge is 2.51. The predicted octanol–water partition coefficient (Wildman–Crippen LogP) is 2.05. The van der Waals surface area contributed by atoms with E-state index in [0.717, 1.165) is 12.0 Å². The Morgan fingerprint density at radius 3 is 3.17 bits per heavy atom. The number of rotatable bonds is 2. The van der Waals surface area contributed by atoms with Crippen LogP contribution in [0.5, 0.6) is 0 Å². The van der Waals surface area contributed by atoms with Gasteiger partial charge in [-0.05, 0) is 37.5 Å². The van der Waals surface area contributed by atoms with Gasteiger partial charge >= 0.3 is 5.97 Å². The minimum Gasteiger partial charge on any atom is -0.461 e. The summed E-state index contributed by atoms with van der Waals surface area (Å²) < 4.78 is 5.07. The summed E-state index contributed by atoms with van der Waals surface area (Å²) in [5.41, 5.74) is 2.82. The van der Waals surface area contributed by atoms with Gasteiger partial charge in [-0.15, -0.1) is 0 Å². The SMILES string of the molecule is CCOC(=O)c1n[nH]c2c1CC1C3C=CC(C3)C21. The first-order valence-electron chi connectivity index (χ1n) is 6.72. The van der Waals surface area contributed by atoms with Crippen LogP contribution in [0.2, 0.25) is 0 Å². The maximum atomic E-state index is 11.8. The average molecular weight is 244 g/mol. The van der Waals surface area contributed by atoms with Gasteiger partial charge in [0.15, 0.2) is 5.69 Å². The molecule has 2 bridgehead atoms. The molecule has 3 aliphatic rings. The second-order valence-corrected chi connectivity index (χ2v) is 5.53.